The molecule has 0 aliphatic carbocycles. The van der Waals surface area contributed by atoms with E-state index in [1.807, 2.05) is 0 Å². The van der Waals surface area contributed by atoms with Gasteiger partial charge in [-0.2, -0.15) is 0 Å². The average Bonchev–Trinajstić information content (AvgIpc) is 2.27. The van der Waals surface area contributed by atoms with Gasteiger partial charge in [0.25, 0.3) is 0 Å². The van der Waals surface area contributed by atoms with Crippen molar-refractivity contribution in [1.82, 2.24) is 4.90 Å². The number of nitrogens with zero attached hydrogens (tertiary/aromatic N) is 2. The molecule has 0 rings (SSSR count). The number of amides is 1. The third-order valence-corrected chi connectivity index (χ3v) is 2.45. The van der Waals surface area contributed by atoms with Crippen molar-refractivity contribution in [2.75, 3.05) is 13.7 Å². The molecule has 2 atom stereocenters. The Balaban J connectivity index is 4.66. The number of nitrogens with two attached hydrogens (primary N) is 1. The summed E-state index contributed by atoms with van der Waals surface area (Å²) in [4.78, 5) is 13.2. The first kappa shape index (κ1) is 13.7. The highest BCUT2D eigenvalue weighted by molar-refractivity contribution is 6.02. The topological polar surface area (TPSA) is 99.2 Å². The van der Waals surface area contributed by atoms with E-state index in [-0.39, 0.29) is 24.4 Å². The van der Waals surface area contributed by atoms with Crippen LogP contribution in [0.3, 0.4) is 0 Å². The molecule has 0 bridgehead atoms. The monoisotopic (exact) mass is 217 g/mol. The maximum atomic E-state index is 11.8. The second-order valence-electron chi connectivity index (χ2n) is 3.47. The Morgan fingerprint density at radius 2 is 2.13 bits per heavy atom. The number of aliphatic hydroxyl groups excluding tert-OH is 1. The van der Waals surface area contributed by atoms with E-state index < -0.39 is 5.92 Å². The number of amidine groups is 1. The van der Waals surface area contributed by atoms with Crippen molar-refractivity contribution >= 4 is 11.7 Å². The SMILES string of the molecule is CCC(C(=O)N(C)C(C)CO)C(N)=NO. The molecule has 0 saturated heterocycles. The predicted octanol–water partition coefficient (Wildman–Crippen LogP) is -0.402. The molecule has 6 nitrogen and oxygen atoms in total. The van der Waals surface area contributed by atoms with Crippen LogP contribution in [-0.4, -0.2) is 46.7 Å². The largest absolute Gasteiger partial charge is 0.409 e. The number of oxime groups is 1. The zero-order valence-corrected chi connectivity index (χ0v) is 9.34. The second-order valence-corrected chi connectivity index (χ2v) is 3.47. The first-order chi connectivity index (χ1) is 6.99. The molecular formula is C9H19N3O3. The van der Waals surface area contributed by atoms with Crippen LogP contribution in [0.25, 0.3) is 0 Å². The summed E-state index contributed by atoms with van der Waals surface area (Å²) < 4.78 is 0. The highest BCUT2D eigenvalue weighted by atomic mass is 16.4. The van der Waals surface area contributed by atoms with Crippen molar-refractivity contribution in [3.05, 3.63) is 0 Å². The highest BCUT2D eigenvalue weighted by Gasteiger charge is 2.26. The molecule has 0 fully saturated rings. The van der Waals surface area contributed by atoms with Crippen LogP contribution < -0.4 is 5.73 Å². The first-order valence-corrected chi connectivity index (χ1v) is 4.84. The Labute approximate surface area is 89.4 Å². The Hall–Kier alpha value is -1.30. The van der Waals surface area contributed by atoms with Gasteiger partial charge in [-0.1, -0.05) is 12.1 Å². The van der Waals surface area contributed by atoms with Crippen LogP contribution >= 0.6 is 0 Å². The van der Waals surface area contributed by atoms with Gasteiger partial charge in [-0.05, 0) is 13.3 Å². The van der Waals surface area contributed by atoms with E-state index in [1.54, 1.807) is 20.9 Å². The second kappa shape index (κ2) is 6.23. The number of aliphatic hydroxyl groups is 1. The molecule has 0 aliphatic heterocycles. The van der Waals surface area contributed by atoms with E-state index in [0.29, 0.717) is 6.42 Å². The molecule has 4 N–H and O–H groups in total. The molecule has 15 heavy (non-hydrogen) atoms. The molecule has 0 saturated carbocycles. The molecule has 0 aromatic rings. The van der Waals surface area contributed by atoms with E-state index in [4.69, 9.17) is 16.0 Å². The standard InChI is InChI=1S/C9H19N3O3/c1-4-7(8(10)11-15)9(14)12(3)6(2)5-13/h6-7,13,15H,4-5H2,1-3H3,(H2,10,11). The van der Waals surface area contributed by atoms with Crippen LogP contribution in [0.4, 0.5) is 0 Å². The van der Waals surface area contributed by atoms with Gasteiger partial charge in [0.1, 0.15) is 0 Å². The summed E-state index contributed by atoms with van der Waals surface area (Å²) in [6.07, 6.45) is 0.456. The number of carbonyl (C=O) groups excluding carboxylic acids is 1. The lowest BCUT2D eigenvalue weighted by molar-refractivity contribution is -0.134. The van der Waals surface area contributed by atoms with E-state index in [9.17, 15) is 4.79 Å². The third kappa shape index (κ3) is 3.39. The Morgan fingerprint density at radius 1 is 1.60 bits per heavy atom. The van der Waals surface area contributed by atoms with Gasteiger partial charge in [0, 0.05) is 7.05 Å². The molecule has 0 heterocycles. The molecule has 88 valence electrons. The number of hydrogen-bond acceptors (Lipinski definition) is 4. The van der Waals surface area contributed by atoms with Gasteiger partial charge < -0.3 is 20.9 Å². The third-order valence-electron chi connectivity index (χ3n) is 2.45. The minimum absolute atomic E-state index is 0.0977. The summed E-state index contributed by atoms with van der Waals surface area (Å²) >= 11 is 0. The van der Waals surface area contributed by atoms with E-state index in [2.05, 4.69) is 5.16 Å². The van der Waals surface area contributed by atoms with Gasteiger partial charge in [0.05, 0.1) is 18.6 Å². The summed E-state index contributed by atoms with van der Waals surface area (Å²) in [5.74, 6) is -0.983. The molecule has 2 unspecified atom stereocenters. The molecule has 6 heteroatoms. The fourth-order valence-corrected chi connectivity index (χ4v) is 1.17. The van der Waals surface area contributed by atoms with Gasteiger partial charge in [-0.3, -0.25) is 4.79 Å². The maximum absolute atomic E-state index is 11.8. The molecular weight excluding hydrogens is 198 g/mol. The normalized spacial score (nSPS) is 15.9. The van der Waals surface area contributed by atoms with E-state index in [1.165, 1.54) is 4.90 Å². The minimum atomic E-state index is -0.631. The molecule has 0 aromatic heterocycles. The van der Waals surface area contributed by atoms with Crippen LogP contribution in [-0.2, 0) is 4.79 Å². The molecule has 0 aromatic carbocycles. The van der Waals surface area contributed by atoms with Crippen molar-refractivity contribution in [3.63, 3.8) is 0 Å². The van der Waals surface area contributed by atoms with Crippen molar-refractivity contribution in [2.24, 2.45) is 16.8 Å². The first-order valence-electron chi connectivity index (χ1n) is 4.84. The lowest BCUT2D eigenvalue weighted by atomic mass is 10.0. The zero-order chi connectivity index (χ0) is 12.0. The van der Waals surface area contributed by atoms with Crippen molar-refractivity contribution in [2.45, 2.75) is 26.3 Å². The maximum Gasteiger partial charge on any atom is 0.233 e. The van der Waals surface area contributed by atoms with Gasteiger partial charge in [0.2, 0.25) is 5.91 Å². The number of likely N-dealkylation sites (N-methyl/N-ethyl adjacent to an activating group) is 1. The van der Waals surface area contributed by atoms with Gasteiger partial charge >= 0.3 is 0 Å². The number of hydrogen-bond donors (Lipinski definition) is 3. The Bertz CT molecular complexity index is 243. The van der Waals surface area contributed by atoms with Crippen LogP contribution in [0.1, 0.15) is 20.3 Å². The zero-order valence-electron chi connectivity index (χ0n) is 9.34. The molecule has 0 radical (unpaired) electrons. The molecule has 0 spiro atoms. The van der Waals surface area contributed by atoms with Crippen molar-refractivity contribution in [3.8, 4) is 0 Å². The van der Waals surface area contributed by atoms with Crippen molar-refractivity contribution < 1.29 is 15.1 Å². The quantitative estimate of drug-likeness (QED) is 0.252. The summed E-state index contributed by atoms with van der Waals surface area (Å²) in [5, 5.41) is 20.2. The lowest BCUT2D eigenvalue weighted by Gasteiger charge is -2.26. The van der Waals surface area contributed by atoms with E-state index >= 15 is 0 Å². The molecule has 0 aliphatic rings. The Kier molecular flexibility index (Phi) is 5.69. The summed E-state index contributed by atoms with van der Waals surface area (Å²) in [6.45, 7) is 3.38. The van der Waals surface area contributed by atoms with Gasteiger partial charge in [-0.25, -0.2) is 0 Å². The van der Waals surface area contributed by atoms with Gasteiger partial charge in [-0.15, -0.1) is 0 Å². The lowest BCUT2D eigenvalue weighted by Crippen LogP contribution is -2.44. The molecule has 1 amide bonds. The minimum Gasteiger partial charge on any atom is -0.409 e. The smallest absolute Gasteiger partial charge is 0.233 e. The summed E-state index contributed by atoms with van der Waals surface area (Å²) in [7, 11) is 1.58. The summed E-state index contributed by atoms with van der Waals surface area (Å²) in [5.41, 5.74) is 5.40. The number of carbonyl (C=O) groups is 1. The fourth-order valence-electron chi connectivity index (χ4n) is 1.17. The van der Waals surface area contributed by atoms with Crippen molar-refractivity contribution in [1.29, 1.82) is 0 Å². The Morgan fingerprint density at radius 3 is 2.47 bits per heavy atom. The number of rotatable bonds is 5. The van der Waals surface area contributed by atoms with Gasteiger partial charge in [0.15, 0.2) is 5.84 Å². The highest BCUT2D eigenvalue weighted by Crippen LogP contribution is 2.09. The van der Waals surface area contributed by atoms with Crippen LogP contribution in [0.5, 0.6) is 0 Å². The van der Waals surface area contributed by atoms with Crippen LogP contribution in [0.2, 0.25) is 0 Å². The fraction of sp³-hybridized carbons (Fsp3) is 0.778. The van der Waals surface area contributed by atoms with Crippen LogP contribution in [0.15, 0.2) is 5.16 Å². The predicted molar refractivity (Wildman–Crippen MR) is 56.5 cm³/mol. The van der Waals surface area contributed by atoms with E-state index in [0.717, 1.165) is 0 Å². The average molecular weight is 217 g/mol. The summed E-state index contributed by atoms with van der Waals surface area (Å²) in [6, 6.07) is -0.280. The van der Waals surface area contributed by atoms with Crippen LogP contribution in [0, 0.1) is 5.92 Å².